The van der Waals surface area contributed by atoms with Crippen LogP contribution in [0.5, 0.6) is 0 Å². The van der Waals surface area contributed by atoms with E-state index in [4.69, 9.17) is 0 Å². The Labute approximate surface area is 93.7 Å². The number of benzene rings is 1. The summed E-state index contributed by atoms with van der Waals surface area (Å²) >= 11 is 0. The van der Waals surface area contributed by atoms with Crippen molar-refractivity contribution in [1.29, 1.82) is 0 Å². The third-order valence-corrected chi connectivity index (χ3v) is 3.78. The Hall–Kier alpha value is -0.780. The van der Waals surface area contributed by atoms with E-state index in [2.05, 4.69) is 45.4 Å². The molecule has 1 aromatic carbocycles. The second-order valence-corrected chi connectivity index (χ2v) is 5.00. The quantitative estimate of drug-likeness (QED) is 0.631. The molecule has 1 saturated carbocycles. The van der Waals surface area contributed by atoms with Crippen LogP contribution in [0.25, 0.3) is 0 Å². The number of rotatable bonds is 1. The standard InChI is InChI=1S/C15H21/c1-11-6-4-8-14(10-11)15-9-5-7-12(2)13(15)3/h5,7,9-11,14H,4,6,8H2,1-3H3. The molecule has 0 bridgehead atoms. The molecule has 0 aromatic heterocycles. The summed E-state index contributed by atoms with van der Waals surface area (Å²) in [6.07, 6.45) is 6.65. The van der Waals surface area contributed by atoms with Crippen molar-refractivity contribution in [3.63, 3.8) is 0 Å². The van der Waals surface area contributed by atoms with Crippen LogP contribution >= 0.6 is 0 Å². The van der Waals surface area contributed by atoms with Gasteiger partial charge in [0.05, 0.1) is 0 Å². The van der Waals surface area contributed by atoms with Crippen LogP contribution in [0, 0.1) is 26.2 Å². The summed E-state index contributed by atoms with van der Waals surface area (Å²) in [7, 11) is 0. The minimum absolute atomic E-state index is 0.702. The molecule has 0 heterocycles. The highest BCUT2D eigenvalue weighted by molar-refractivity contribution is 5.37. The van der Waals surface area contributed by atoms with E-state index in [0.717, 1.165) is 5.92 Å². The van der Waals surface area contributed by atoms with Gasteiger partial charge in [0.2, 0.25) is 0 Å². The van der Waals surface area contributed by atoms with E-state index < -0.39 is 0 Å². The molecule has 1 aromatic rings. The zero-order valence-corrected chi connectivity index (χ0v) is 10.1. The summed E-state index contributed by atoms with van der Waals surface area (Å²) in [5.41, 5.74) is 4.48. The molecule has 0 amide bonds. The first kappa shape index (κ1) is 10.7. The summed E-state index contributed by atoms with van der Waals surface area (Å²) in [6.45, 7) is 6.82. The lowest BCUT2D eigenvalue weighted by atomic mass is 9.77. The molecule has 2 atom stereocenters. The molecule has 0 aliphatic heterocycles. The lowest BCUT2D eigenvalue weighted by Gasteiger charge is -2.28. The lowest BCUT2D eigenvalue weighted by molar-refractivity contribution is 0.436. The molecule has 0 nitrogen and oxygen atoms in total. The van der Waals surface area contributed by atoms with Gasteiger partial charge in [-0.05, 0) is 55.2 Å². The fraction of sp³-hybridized carbons (Fsp3) is 0.533. The van der Waals surface area contributed by atoms with E-state index in [9.17, 15) is 0 Å². The van der Waals surface area contributed by atoms with Crippen LogP contribution < -0.4 is 0 Å². The first-order chi connectivity index (χ1) is 7.18. The fourth-order valence-corrected chi connectivity index (χ4v) is 2.68. The summed E-state index contributed by atoms with van der Waals surface area (Å²) in [5.74, 6) is 1.50. The second-order valence-electron chi connectivity index (χ2n) is 5.00. The third-order valence-electron chi connectivity index (χ3n) is 3.78. The van der Waals surface area contributed by atoms with Gasteiger partial charge in [-0.25, -0.2) is 0 Å². The maximum Gasteiger partial charge on any atom is -0.0125 e. The van der Waals surface area contributed by atoms with Crippen LogP contribution in [0.2, 0.25) is 0 Å². The van der Waals surface area contributed by atoms with Gasteiger partial charge in [0.15, 0.2) is 0 Å². The molecule has 2 rings (SSSR count). The van der Waals surface area contributed by atoms with Gasteiger partial charge in [-0.2, -0.15) is 0 Å². The highest BCUT2D eigenvalue weighted by Gasteiger charge is 2.21. The molecular weight excluding hydrogens is 180 g/mol. The van der Waals surface area contributed by atoms with Crippen LogP contribution in [0.15, 0.2) is 18.2 Å². The number of hydrogen-bond acceptors (Lipinski definition) is 0. The van der Waals surface area contributed by atoms with Crippen LogP contribution in [0.4, 0.5) is 0 Å². The van der Waals surface area contributed by atoms with E-state index >= 15 is 0 Å². The van der Waals surface area contributed by atoms with Gasteiger partial charge in [-0.1, -0.05) is 38.0 Å². The van der Waals surface area contributed by atoms with Crippen LogP contribution in [-0.4, -0.2) is 0 Å². The van der Waals surface area contributed by atoms with Crippen molar-refractivity contribution in [1.82, 2.24) is 0 Å². The molecule has 2 unspecified atom stereocenters. The average molecular weight is 201 g/mol. The van der Waals surface area contributed by atoms with Gasteiger partial charge in [0.1, 0.15) is 0 Å². The van der Waals surface area contributed by atoms with Crippen molar-refractivity contribution in [2.24, 2.45) is 5.92 Å². The van der Waals surface area contributed by atoms with Crippen LogP contribution in [0.3, 0.4) is 0 Å². The summed E-state index contributed by atoms with van der Waals surface area (Å²) in [6, 6.07) is 6.72. The van der Waals surface area contributed by atoms with Crippen molar-refractivity contribution < 1.29 is 0 Å². The van der Waals surface area contributed by atoms with Crippen LogP contribution in [0.1, 0.15) is 48.8 Å². The van der Waals surface area contributed by atoms with Gasteiger partial charge in [-0.3, -0.25) is 0 Å². The third kappa shape index (κ3) is 2.25. The van der Waals surface area contributed by atoms with Crippen molar-refractivity contribution >= 4 is 0 Å². The normalized spacial score (nSPS) is 26.6. The molecule has 0 spiro atoms. The zero-order valence-electron chi connectivity index (χ0n) is 10.1. The minimum Gasteiger partial charge on any atom is -0.0622 e. The molecule has 1 aliphatic rings. The first-order valence-electron chi connectivity index (χ1n) is 6.09. The molecule has 0 saturated heterocycles. The van der Waals surface area contributed by atoms with Gasteiger partial charge in [-0.15, -0.1) is 0 Å². The Morgan fingerprint density at radius 1 is 1.13 bits per heavy atom. The highest BCUT2D eigenvalue weighted by Crippen LogP contribution is 2.36. The van der Waals surface area contributed by atoms with Gasteiger partial charge in [0, 0.05) is 0 Å². The van der Waals surface area contributed by atoms with E-state index in [1.54, 1.807) is 5.56 Å². The van der Waals surface area contributed by atoms with E-state index in [1.165, 1.54) is 30.4 Å². The predicted molar refractivity (Wildman–Crippen MR) is 66.0 cm³/mol. The smallest absolute Gasteiger partial charge is 0.0125 e. The minimum atomic E-state index is 0.702. The first-order valence-corrected chi connectivity index (χ1v) is 6.09. The molecule has 1 aliphatic carbocycles. The summed E-state index contributed by atoms with van der Waals surface area (Å²) in [4.78, 5) is 0. The zero-order chi connectivity index (χ0) is 10.8. The van der Waals surface area contributed by atoms with Crippen molar-refractivity contribution in [2.45, 2.75) is 46.0 Å². The second kappa shape index (κ2) is 4.38. The molecule has 15 heavy (non-hydrogen) atoms. The monoisotopic (exact) mass is 201 g/mol. The Bertz CT molecular complexity index is 338. The molecule has 81 valence electrons. The molecule has 0 N–H and O–H groups in total. The van der Waals surface area contributed by atoms with Gasteiger partial charge >= 0.3 is 0 Å². The van der Waals surface area contributed by atoms with E-state index in [1.807, 2.05) is 0 Å². The Balaban J connectivity index is 2.24. The average Bonchev–Trinajstić information content (AvgIpc) is 2.22. The highest BCUT2D eigenvalue weighted by atomic mass is 14.3. The topological polar surface area (TPSA) is 0 Å². The maximum absolute atomic E-state index is 2.55. The maximum atomic E-state index is 2.55. The summed E-state index contributed by atoms with van der Waals surface area (Å²) in [5, 5.41) is 0. The molecule has 0 heteroatoms. The Morgan fingerprint density at radius 3 is 2.67 bits per heavy atom. The lowest BCUT2D eigenvalue weighted by Crippen LogP contribution is -2.13. The van der Waals surface area contributed by atoms with E-state index in [0.29, 0.717) is 5.92 Å². The molecular formula is C15H21. The van der Waals surface area contributed by atoms with Crippen molar-refractivity contribution in [2.75, 3.05) is 0 Å². The van der Waals surface area contributed by atoms with E-state index in [-0.39, 0.29) is 0 Å². The summed E-state index contributed by atoms with van der Waals surface area (Å²) < 4.78 is 0. The Morgan fingerprint density at radius 2 is 1.93 bits per heavy atom. The predicted octanol–water partition coefficient (Wildman–Crippen LogP) is 4.41. The number of aryl methyl sites for hydroxylation is 1. The molecule has 1 fully saturated rings. The number of hydrogen-bond donors (Lipinski definition) is 0. The van der Waals surface area contributed by atoms with Crippen molar-refractivity contribution in [3.8, 4) is 0 Å². The van der Waals surface area contributed by atoms with Crippen molar-refractivity contribution in [3.05, 3.63) is 41.3 Å². The van der Waals surface area contributed by atoms with Crippen LogP contribution in [-0.2, 0) is 0 Å². The SMILES string of the molecule is Cc1cccc(C2[CH]C(C)CCC2)c1C. The van der Waals surface area contributed by atoms with Gasteiger partial charge in [0.25, 0.3) is 0 Å². The largest absolute Gasteiger partial charge is 0.0622 e. The fourth-order valence-electron chi connectivity index (χ4n) is 2.68. The van der Waals surface area contributed by atoms with Gasteiger partial charge < -0.3 is 0 Å². The Kier molecular flexibility index (Phi) is 3.14. The molecule has 1 radical (unpaired) electrons.